The first kappa shape index (κ1) is 16.6. The van der Waals surface area contributed by atoms with Gasteiger partial charge in [-0.15, -0.1) is 0 Å². The summed E-state index contributed by atoms with van der Waals surface area (Å²) in [5.74, 6) is 0.600. The van der Waals surface area contributed by atoms with Gasteiger partial charge in [-0.1, -0.05) is 62.6 Å². The minimum Gasteiger partial charge on any atom is -0.339 e. The average molecular weight is 335 g/mol. The summed E-state index contributed by atoms with van der Waals surface area (Å²) in [6.45, 7) is 3.17. The number of likely N-dealkylation sites (tertiary alicyclic amines) is 1. The molecule has 1 saturated heterocycles. The van der Waals surface area contributed by atoms with Gasteiger partial charge in [-0.2, -0.15) is 0 Å². The number of rotatable bonds is 4. The van der Waals surface area contributed by atoms with E-state index in [2.05, 4.69) is 48.2 Å². The first-order valence-corrected chi connectivity index (χ1v) is 10.1. The lowest BCUT2D eigenvalue weighted by Crippen LogP contribution is -2.39. The Kier molecular flexibility index (Phi) is 4.78. The molecule has 2 fully saturated rings. The number of carbonyl (C=O) groups excluding carboxylic acids is 1. The molecule has 2 aromatic carbocycles. The van der Waals surface area contributed by atoms with E-state index < -0.39 is 0 Å². The summed E-state index contributed by atoms with van der Waals surface area (Å²) in [5.41, 5.74) is 2.69. The number of fused-ring (bicyclic) bond motifs is 1. The lowest BCUT2D eigenvalue weighted by atomic mass is 9.93. The summed E-state index contributed by atoms with van der Waals surface area (Å²) in [4.78, 5) is 15.1. The van der Waals surface area contributed by atoms with Crippen LogP contribution in [0.3, 0.4) is 0 Å². The molecule has 4 rings (SSSR count). The highest BCUT2D eigenvalue weighted by atomic mass is 16.2. The van der Waals surface area contributed by atoms with Crippen LogP contribution in [0.1, 0.15) is 56.6 Å². The van der Waals surface area contributed by atoms with Crippen molar-refractivity contribution in [1.82, 2.24) is 4.90 Å². The van der Waals surface area contributed by atoms with Gasteiger partial charge in [0.15, 0.2) is 0 Å². The van der Waals surface area contributed by atoms with Crippen LogP contribution in [0.2, 0.25) is 0 Å². The smallest absolute Gasteiger partial charge is 0.226 e. The monoisotopic (exact) mass is 335 g/mol. The van der Waals surface area contributed by atoms with Crippen molar-refractivity contribution in [2.75, 3.05) is 6.54 Å². The van der Waals surface area contributed by atoms with Gasteiger partial charge in [0.1, 0.15) is 0 Å². The fraction of sp³-hybridized carbons (Fsp3) is 0.522. The molecule has 132 valence electrons. The second-order valence-corrected chi connectivity index (χ2v) is 7.88. The Hall–Kier alpha value is -1.83. The molecular formula is C23H29NO. The number of nitrogens with zero attached hydrogens (tertiary/aromatic N) is 1. The zero-order chi connectivity index (χ0) is 17.2. The van der Waals surface area contributed by atoms with Crippen molar-refractivity contribution >= 4 is 16.7 Å². The summed E-state index contributed by atoms with van der Waals surface area (Å²) in [6.07, 6.45) is 9.36. The third-order valence-electron chi connectivity index (χ3n) is 6.23. The molecule has 1 heterocycles. The van der Waals surface area contributed by atoms with Gasteiger partial charge in [0.05, 0.1) is 0 Å². The highest BCUT2D eigenvalue weighted by Crippen LogP contribution is 2.31. The van der Waals surface area contributed by atoms with Crippen molar-refractivity contribution in [3.8, 4) is 0 Å². The van der Waals surface area contributed by atoms with Crippen LogP contribution in [0.5, 0.6) is 0 Å². The molecule has 1 saturated carbocycles. The molecular weight excluding hydrogens is 306 g/mol. The van der Waals surface area contributed by atoms with Crippen molar-refractivity contribution in [2.45, 2.75) is 64.3 Å². The van der Waals surface area contributed by atoms with E-state index in [9.17, 15) is 4.79 Å². The van der Waals surface area contributed by atoms with Crippen LogP contribution in [0.15, 0.2) is 36.4 Å². The summed E-state index contributed by atoms with van der Waals surface area (Å²) < 4.78 is 0. The van der Waals surface area contributed by atoms with Crippen molar-refractivity contribution in [2.24, 2.45) is 5.92 Å². The fourth-order valence-corrected chi connectivity index (χ4v) is 4.68. The maximum atomic E-state index is 12.9. The summed E-state index contributed by atoms with van der Waals surface area (Å²) in [7, 11) is 0. The number of hydrogen-bond acceptors (Lipinski definition) is 1. The van der Waals surface area contributed by atoms with Crippen molar-refractivity contribution < 1.29 is 4.79 Å². The number of hydrogen-bond donors (Lipinski definition) is 0. The van der Waals surface area contributed by atoms with E-state index in [1.807, 2.05) is 0 Å². The van der Waals surface area contributed by atoms with Gasteiger partial charge in [0, 0.05) is 18.5 Å². The van der Waals surface area contributed by atoms with E-state index in [0.717, 1.165) is 25.8 Å². The number of aryl methyl sites for hydroxylation is 1. The molecule has 1 aliphatic heterocycles. The molecule has 1 amide bonds. The first-order valence-electron chi connectivity index (χ1n) is 10.1. The van der Waals surface area contributed by atoms with Gasteiger partial charge >= 0.3 is 0 Å². The van der Waals surface area contributed by atoms with Crippen LogP contribution in [0.4, 0.5) is 0 Å². The molecule has 2 aliphatic rings. The summed E-state index contributed by atoms with van der Waals surface area (Å²) in [5, 5.41) is 2.61. The molecule has 0 radical (unpaired) electrons. The average Bonchev–Trinajstić information content (AvgIpc) is 3.02. The Bertz CT molecular complexity index is 760. The van der Waals surface area contributed by atoms with Crippen LogP contribution in [-0.4, -0.2) is 23.4 Å². The topological polar surface area (TPSA) is 20.3 Å². The predicted molar refractivity (Wildman–Crippen MR) is 104 cm³/mol. The second kappa shape index (κ2) is 7.19. The quantitative estimate of drug-likeness (QED) is 0.759. The van der Waals surface area contributed by atoms with E-state index in [0.29, 0.717) is 11.9 Å². The third-order valence-corrected chi connectivity index (χ3v) is 6.23. The predicted octanol–water partition coefficient (Wildman–Crippen LogP) is 5.13. The highest BCUT2D eigenvalue weighted by molar-refractivity contribution is 5.85. The van der Waals surface area contributed by atoms with Crippen molar-refractivity contribution in [3.05, 3.63) is 47.5 Å². The molecule has 0 aromatic heterocycles. The zero-order valence-electron chi connectivity index (χ0n) is 15.3. The lowest BCUT2D eigenvalue weighted by Gasteiger charge is -2.31. The molecule has 0 N–H and O–H groups in total. The van der Waals surface area contributed by atoms with Gasteiger partial charge in [0.25, 0.3) is 0 Å². The molecule has 1 aliphatic carbocycles. The van der Waals surface area contributed by atoms with Crippen LogP contribution < -0.4 is 0 Å². The van der Waals surface area contributed by atoms with Gasteiger partial charge in [-0.3, -0.25) is 4.79 Å². The van der Waals surface area contributed by atoms with Crippen molar-refractivity contribution in [1.29, 1.82) is 0 Å². The van der Waals surface area contributed by atoms with Crippen LogP contribution in [0, 0.1) is 5.92 Å². The molecule has 1 atom stereocenters. The molecule has 0 bridgehead atoms. The number of amides is 1. The maximum absolute atomic E-state index is 12.9. The van der Waals surface area contributed by atoms with Gasteiger partial charge in [0.2, 0.25) is 5.91 Å². The molecule has 2 nitrogen and oxygen atoms in total. The molecule has 2 heteroatoms. The minimum atomic E-state index is 0.189. The van der Waals surface area contributed by atoms with Crippen molar-refractivity contribution in [3.63, 3.8) is 0 Å². The molecule has 2 aromatic rings. The van der Waals surface area contributed by atoms with E-state index in [4.69, 9.17) is 0 Å². The van der Waals surface area contributed by atoms with Crippen LogP contribution >= 0.6 is 0 Å². The van der Waals surface area contributed by atoms with Gasteiger partial charge in [-0.25, -0.2) is 0 Å². The minimum absolute atomic E-state index is 0.189. The normalized spacial score (nSPS) is 22.0. The van der Waals surface area contributed by atoms with E-state index >= 15 is 0 Å². The molecule has 0 spiro atoms. The van der Waals surface area contributed by atoms with Crippen LogP contribution in [-0.2, 0) is 17.6 Å². The summed E-state index contributed by atoms with van der Waals surface area (Å²) in [6, 6.07) is 14.0. The van der Waals surface area contributed by atoms with Crippen LogP contribution in [0.25, 0.3) is 10.8 Å². The Morgan fingerprint density at radius 3 is 2.40 bits per heavy atom. The SMILES string of the molecule is CCc1ccc2ccc(CC3CCN(C4CCCCC4)C3=O)cc2c1. The molecule has 1 unspecified atom stereocenters. The van der Waals surface area contributed by atoms with Gasteiger partial charge in [-0.05, 0) is 54.0 Å². The zero-order valence-corrected chi connectivity index (χ0v) is 15.3. The Morgan fingerprint density at radius 1 is 0.920 bits per heavy atom. The Morgan fingerprint density at radius 2 is 1.64 bits per heavy atom. The number of benzene rings is 2. The van der Waals surface area contributed by atoms with Gasteiger partial charge < -0.3 is 4.90 Å². The third kappa shape index (κ3) is 3.44. The summed E-state index contributed by atoms with van der Waals surface area (Å²) >= 11 is 0. The Balaban J connectivity index is 1.48. The highest BCUT2D eigenvalue weighted by Gasteiger charge is 2.36. The largest absolute Gasteiger partial charge is 0.339 e. The first-order chi connectivity index (χ1) is 12.2. The maximum Gasteiger partial charge on any atom is 0.226 e. The van der Waals surface area contributed by atoms with E-state index in [1.54, 1.807) is 0 Å². The second-order valence-electron chi connectivity index (χ2n) is 7.88. The Labute approximate surface area is 151 Å². The standard InChI is InChI=1S/C23H29NO/c1-2-17-8-10-19-11-9-18(16-21(19)14-17)15-20-12-13-24(23(20)25)22-6-4-3-5-7-22/h8-11,14,16,20,22H,2-7,12-13,15H2,1H3. The fourth-order valence-electron chi connectivity index (χ4n) is 4.68. The van der Waals surface area contributed by atoms with E-state index in [1.165, 1.54) is 54.0 Å². The molecule has 25 heavy (non-hydrogen) atoms. The lowest BCUT2D eigenvalue weighted by molar-refractivity contribution is -0.133. The number of carbonyl (C=O) groups is 1. The van der Waals surface area contributed by atoms with E-state index in [-0.39, 0.29) is 5.92 Å².